The number of aromatic nitrogens is 2. The normalized spacial score (nSPS) is 10.6. The summed E-state index contributed by atoms with van der Waals surface area (Å²) in [5.74, 6) is 0.365. The number of nitrogens with two attached hydrogens (primary N) is 1. The van der Waals surface area contributed by atoms with Crippen LogP contribution in [0, 0.1) is 0 Å². The van der Waals surface area contributed by atoms with Gasteiger partial charge in [-0.25, -0.2) is 9.78 Å². The number of hydrogen-bond donors (Lipinski definition) is 1. The van der Waals surface area contributed by atoms with Crippen molar-refractivity contribution in [3.05, 3.63) is 39.2 Å². The molecule has 0 aliphatic heterocycles. The molecule has 0 aliphatic carbocycles. The van der Waals surface area contributed by atoms with E-state index in [2.05, 4.69) is 25.7 Å². The third-order valence-corrected chi connectivity index (χ3v) is 3.70. The maximum atomic E-state index is 11.7. The molecule has 2 aromatic rings. The Morgan fingerprint density at radius 1 is 1.55 bits per heavy atom. The van der Waals surface area contributed by atoms with Crippen molar-refractivity contribution < 1.29 is 9.53 Å². The molecule has 0 atom stereocenters. The second kappa shape index (κ2) is 5.85. The highest BCUT2D eigenvalue weighted by molar-refractivity contribution is 9.10. The van der Waals surface area contributed by atoms with Crippen LogP contribution in [0.25, 0.3) is 5.69 Å². The van der Waals surface area contributed by atoms with Gasteiger partial charge in [0.2, 0.25) is 0 Å². The summed E-state index contributed by atoms with van der Waals surface area (Å²) in [6.07, 6.45) is 0.621. The lowest BCUT2D eigenvalue weighted by atomic mass is 10.3. The molecular weight excluding hydrogens is 346 g/mol. The molecular formula is C13H13BrClN3O2. The van der Waals surface area contributed by atoms with Crippen LogP contribution in [0.5, 0.6) is 0 Å². The van der Waals surface area contributed by atoms with E-state index >= 15 is 0 Å². The lowest BCUT2D eigenvalue weighted by Crippen LogP contribution is -2.08. The number of anilines is 1. The summed E-state index contributed by atoms with van der Waals surface area (Å²) in [7, 11) is 1.30. The van der Waals surface area contributed by atoms with Gasteiger partial charge in [-0.1, -0.05) is 18.5 Å². The fourth-order valence-corrected chi connectivity index (χ4v) is 2.76. The van der Waals surface area contributed by atoms with Crippen molar-refractivity contribution in [3.63, 3.8) is 0 Å². The van der Waals surface area contributed by atoms with E-state index in [1.54, 1.807) is 16.7 Å². The Morgan fingerprint density at radius 2 is 2.25 bits per heavy atom. The summed E-state index contributed by atoms with van der Waals surface area (Å²) >= 11 is 9.38. The standard InChI is InChI=1S/C13H13BrClN3O2/c1-3-10-17-11(13(19)20-2)12(16)18(10)9-5-4-7(15)6-8(9)14/h4-6H,3,16H2,1-2H3. The molecule has 0 spiro atoms. The van der Waals surface area contributed by atoms with Crippen molar-refractivity contribution in [2.75, 3.05) is 12.8 Å². The lowest BCUT2D eigenvalue weighted by Gasteiger charge is -2.11. The molecule has 20 heavy (non-hydrogen) atoms. The monoisotopic (exact) mass is 357 g/mol. The van der Waals surface area contributed by atoms with Gasteiger partial charge in [-0.3, -0.25) is 4.57 Å². The summed E-state index contributed by atoms with van der Waals surface area (Å²) in [4.78, 5) is 15.9. The van der Waals surface area contributed by atoms with Crippen LogP contribution in [0.15, 0.2) is 22.7 Å². The first-order valence-corrected chi connectivity index (χ1v) is 7.07. The minimum absolute atomic E-state index is 0.117. The van der Waals surface area contributed by atoms with Gasteiger partial charge >= 0.3 is 5.97 Å². The second-order valence-electron chi connectivity index (χ2n) is 4.04. The number of carbonyl (C=O) groups excluding carboxylic acids is 1. The zero-order valence-electron chi connectivity index (χ0n) is 11.0. The Kier molecular flexibility index (Phi) is 4.35. The van der Waals surface area contributed by atoms with E-state index in [1.165, 1.54) is 7.11 Å². The molecule has 1 aromatic carbocycles. The maximum Gasteiger partial charge on any atom is 0.360 e. The number of carbonyl (C=O) groups is 1. The number of nitrogens with zero attached hydrogens (tertiary/aromatic N) is 2. The third kappa shape index (κ3) is 2.53. The summed E-state index contributed by atoms with van der Waals surface area (Å²) in [5.41, 5.74) is 6.93. The number of ether oxygens (including phenoxy) is 1. The van der Waals surface area contributed by atoms with E-state index in [-0.39, 0.29) is 11.5 Å². The highest BCUT2D eigenvalue weighted by atomic mass is 79.9. The van der Waals surface area contributed by atoms with Crippen molar-refractivity contribution in [1.29, 1.82) is 0 Å². The molecule has 0 fully saturated rings. The Morgan fingerprint density at radius 3 is 2.80 bits per heavy atom. The number of benzene rings is 1. The molecule has 1 heterocycles. The van der Waals surface area contributed by atoms with E-state index in [1.807, 2.05) is 13.0 Å². The molecule has 0 bridgehead atoms. The van der Waals surface area contributed by atoms with E-state index < -0.39 is 5.97 Å². The molecule has 2 rings (SSSR count). The molecule has 106 valence electrons. The topological polar surface area (TPSA) is 70.1 Å². The van der Waals surface area contributed by atoms with Gasteiger partial charge in [-0.05, 0) is 34.1 Å². The smallest absolute Gasteiger partial charge is 0.360 e. The summed E-state index contributed by atoms with van der Waals surface area (Å²) in [6, 6.07) is 5.32. The van der Waals surface area contributed by atoms with Crippen LogP contribution in [0.3, 0.4) is 0 Å². The number of rotatable bonds is 3. The number of hydrogen-bond acceptors (Lipinski definition) is 4. The van der Waals surface area contributed by atoms with Gasteiger partial charge in [-0.2, -0.15) is 0 Å². The van der Waals surface area contributed by atoms with Crippen LogP contribution < -0.4 is 5.73 Å². The van der Waals surface area contributed by atoms with Crippen LogP contribution in [0.4, 0.5) is 5.82 Å². The molecule has 0 saturated carbocycles. The van der Waals surface area contributed by atoms with Gasteiger partial charge in [0.25, 0.3) is 0 Å². The predicted molar refractivity (Wildman–Crippen MR) is 81.4 cm³/mol. The second-order valence-corrected chi connectivity index (χ2v) is 5.33. The molecule has 0 radical (unpaired) electrons. The Bertz CT molecular complexity index is 670. The van der Waals surface area contributed by atoms with Gasteiger partial charge in [-0.15, -0.1) is 0 Å². The zero-order valence-corrected chi connectivity index (χ0v) is 13.3. The zero-order chi connectivity index (χ0) is 14.9. The van der Waals surface area contributed by atoms with Crippen LogP contribution in [-0.4, -0.2) is 22.6 Å². The van der Waals surface area contributed by atoms with Gasteiger partial charge in [0.05, 0.1) is 12.8 Å². The molecule has 0 unspecified atom stereocenters. The van der Waals surface area contributed by atoms with E-state index in [4.69, 9.17) is 17.3 Å². The predicted octanol–water partition coefficient (Wildman–Crippen LogP) is 3.22. The molecule has 2 N–H and O–H groups in total. The van der Waals surface area contributed by atoms with E-state index in [9.17, 15) is 4.79 Å². The number of imidazole rings is 1. The van der Waals surface area contributed by atoms with Crippen LogP contribution in [0.2, 0.25) is 5.02 Å². The minimum atomic E-state index is -0.555. The van der Waals surface area contributed by atoms with Crippen molar-refractivity contribution >= 4 is 39.3 Å². The fraction of sp³-hybridized carbons (Fsp3) is 0.231. The highest BCUT2D eigenvalue weighted by Crippen LogP contribution is 2.29. The number of esters is 1. The van der Waals surface area contributed by atoms with Crippen molar-refractivity contribution in [3.8, 4) is 5.69 Å². The fourth-order valence-electron chi connectivity index (χ4n) is 1.90. The largest absolute Gasteiger partial charge is 0.464 e. The first-order valence-electron chi connectivity index (χ1n) is 5.90. The number of halogens is 2. The molecule has 0 amide bonds. The van der Waals surface area contributed by atoms with Crippen LogP contribution >= 0.6 is 27.5 Å². The van der Waals surface area contributed by atoms with E-state index in [0.29, 0.717) is 17.3 Å². The van der Waals surface area contributed by atoms with Crippen LogP contribution in [0.1, 0.15) is 23.2 Å². The minimum Gasteiger partial charge on any atom is -0.464 e. The van der Waals surface area contributed by atoms with Crippen molar-refractivity contribution in [1.82, 2.24) is 9.55 Å². The lowest BCUT2D eigenvalue weighted by molar-refractivity contribution is 0.0596. The Hall–Kier alpha value is -1.53. The van der Waals surface area contributed by atoms with E-state index in [0.717, 1.165) is 10.2 Å². The van der Waals surface area contributed by atoms with Crippen LogP contribution in [-0.2, 0) is 11.2 Å². The summed E-state index contributed by atoms with van der Waals surface area (Å²) < 4.78 is 7.17. The summed E-state index contributed by atoms with van der Waals surface area (Å²) in [5, 5.41) is 0.602. The number of methoxy groups -OCH3 is 1. The quantitative estimate of drug-likeness (QED) is 0.855. The van der Waals surface area contributed by atoms with Gasteiger partial charge < -0.3 is 10.5 Å². The van der Waals surface area contributed by atoms with Crippen molar-refractivity contribution in [2.45, 2.75) is 13.3 Å². The maximum absolute atomic E-state index is 11.7. The number of nitrogen functional groups attached to an aromatic ring is 1. The number of aryl methyl sites for hydroxylation is 1. The molecule has 1 aromatic heterocycles. The SMILES string of the molecule is CCc1nc(C(=O)OC)c(N)n1-c1ccc(Cl)cc1Br. The average molecular weight is 359 g/mol. The Labute approximate surface area is 129 Å². The molecule has 0 aliphatic rings. The Balaban J connectivity index is 2.67. The first-order chi connectivity index (χ1) is 9.49. The average Bonchev–Trinajstić information content (AvgIpc) is 2.75. The summed E-state index contributed by atoms with van der Waals surface area (Å²) in [6.45, 7) is 1.93. The molecule has 5 nitrogen and oxygen atoms in total. The van der Waals surface area contributed by atoms with Crippen molar-refractivity contribution in [2.24, 2.45) is 0 Å². The molecule has 0 saturated heterocycles. The van der Waals surface area contributed by atoms with Gasteiger partial charge in [0.15, 0.2) is 5.69 Å². The van der Waals surface area contributed by atoms with Gasteiger partial charge in [0.1, 0.15) is 11.6 Å². The molecule has 7 heteroatoms. The first kappa shape index (κ1) is 14.9. The highest BCUT2D eigenvalue weighted by Gasteiger charge is 2.22. The third-order valence-electron chi connectivity index (χ3n) is 2.83. The van der Waals surface area contributed by atoms with Gasteiger partial charge in [0, 0.05) is 15.9 Å².